The third kappa shape index (κ3) is 4.71. The van der Waals surface area contributed by atoms with Crippen molar-refractivity contribution in [2.45, 2.75) is 39.5 Å². The first-order valence-corrected chi connectivity index (χ1v) is 6.41. The Labute approximate surface area is 108 Å². The van der Waals surface area contributed by atoms with Crippen LogP contribution in [-0.2, 0) is 0 Å². The van der Waals surface area contributed by atoms with Gasteiger partial charge in [-0.3, -0.25) is 4.79 Å². The van der Waals surface area contributed by atoms with Crippen molar-refractivity contribution in [2.24, 2.45) is 5.84 Å². The third-order valence-corrected chi connectivity index (χ3v) is 2.68. The van der Waals surface area contributed by atoms with E-state index in [0.29, 0.717) is 17.9 Å². The van der Waals surface area contributed by atoms with Crippen molar-refractivity contribution in [3.8, 4) is 0 Å². The zero-order valence-electron chi connectivity index (χ0n) is 11.1. The van der Waals surface area contributed by atoms with Crippen LogP contribution in [0.25, 0.3) is 0 Å². The van der Waals surface area contributed by atoms with E-state index in [-0.39, 0.29) is 5.91 Å². The van der Waals surface area contributed by atoms with Crippen molar-refractivity contribution in [1.29, 1.82) is 0 Å². The van der Waals surface area contributed by atoms with E-state index in [1.165, 1.54) is 12.8 Å². The molecule has 0 fully saturated rings. The molecule has 0 aliphatic rings. The van der Waals surface area contributed by atoms with Crippen LogP contribution in [0.2, 0.25) is 0 Å². The number of nitrogen functional groups attached to an aromatic ring is 1. The molecule has 1 heterocycles. The lowest BCUT2D eigenvalue weighted by Crippen LogP contribution is -2.25. The van der Waals surface area contributed by atoms with Gasteiger partial charge in [-0.2, -0.15) is 0 Å². The second kappa shape index (κ2) is 7.66. The summed E-state index contributed by atoms with van der Waals surface area (Å²) in [6.07, 6.45) is 4.59. The highest BCUT2D eigenvalue weighted by molar-refractivity contribution is 5.94. The van der Waals surface area contributed by atoms with E-state index in [2.05, 4.69) is 22.7 Å². The van der Waals surface area contributed by atoms with Gasteiger partial charge in [0.25, 0.3) is 5.91 Å². The van der Waals surface area contributed by atoms with Gasteiger partial charge in [0.15, 0.2) is 0 Å². The van der Waals surface area contributed by atoms with E-state index < -0.39 is 0 Å². The van der Waals surface area contributed by atoms with Gasteiger partial charge >= 0.3 is 0 Å². The number of carbonyl (C=O) groups is 1. The third-order valence-electron chi connectivity index (χ3n) is 2.68. The van der Waals surface area contributed by atoms with Crippen molar-refractivity contribution < 1.29 is 4.79 Å². The van der Waals surface area contributed by atoms with E-state index in [9.17, 15) is 4.79 Å². The Morgan fingerprint density at radius 1 is 1.33 bits per heavy atom. The smallest absolute Gasteiger partial charge is 0.251 e. The quantitative estimate of drug-likeness (QED) is 0.393. The highest BCUT2D eigenvalue weighted by Crippen LogP contribution is 2.09. The molecule has 1 aromatic heterocycles. The largest absolute Gasteiger partial charge is 0.352 e. The molecule has 1 rings (SSSR count). The van der Waals surface area contributed by atoms with Crippen LogP contribution >= 0.6 is 0 Å². The fourth-order valence-corrected chi connectivity index (χ4v) is 1.73. The lowest BCUT2D eigenvalue weighted by Gasteiger charge is -2.07. The molecule has 0 atom stereocenters. The normalized spacial score (nSPS) is 10.2. The van der Waals surface area contributed by atoms with Crippen LogP contribution in [0.15, 0.2) is 12.1 Å². The number of amides is 1. The molecule has 0 radical (unpaired) electrons. The number of aromatic nitrogens is 1. The van der Waals surface area contributed by atoms with E-state index in [0.717, 1.165) is 18.5 Å². The number of nitrogens with two attached hydrogens (primary N) is 1. The molecule has 0 aliphatic carbocycles. The van der Waals surface area contributed by atoms with E-state index in [4.69, 9.17) is 5.84 Å². The van der Waals surface area contributed by atoms with Gasteiger partial charge in [0.2, 0.25) is 0 Å². The first-order chi connectivity index (χ1) is 8.67. The van der Waals surface area contributed by atoms with E-state index >= 15 is 0 Å². The number of anilines is 1. The van der Waals surface area contributed by atoms with Crippen molar-refractivity contribution in [3.05, 3.63) is 23.4 Å². The molecule has 0 bridgehead atoms. The summed E-state index contributed by atoms with van der Waals surface area (Å²) < 4.78 is 0. The summed E-state index contributed by atoms with van der Waals surface area (Å²) in [4.78, 5) is 16.0. The van der Waals surface area contributed by atoms with Gasteiger partial charge in [-0.15, -0.1) is 0 Å². The molecule has 0 aliphatic heterocycles. The lowest BCUT2D eigenvalue weighted by atomic mass is 10.2. The first-order valence-electron chi connectivity index (χ1n) is 6.41. The molecule has 5 heteroatoms. The number of hydrogen-bond acceptors (Lipinski definition) is 4. The monoisotopic (exact) mass is 250 g/mol. The number of nitrogens with one attached hydrogen (secondary N) is 2. The minimum Gasteiger partial charge on any atom is -0.352 e. The topological polar surface area (TPSA) is 80.0 Å². The number of nitrogens with zero attached hydrogens (tertiary/aromatic N) is 1. The van der Waals surface area contributed by atoms with E-state index in [1.54, 1.807) is 12.1 Å². The zero-order chi connectivity index (χ0) is 13.4. The number of pyridine rings is 1. The summed E-state index contributed by atoms with van der Waals surface area (Å²) in [6.45, 7) is 4.71. The first kappa shape index (κ1) is 14.4. The SMILES string of the molecule is CCCCCCNC(=O)c1cc(C)nc(NN)c1. The van der Waals surface area contributed by atoms with Gasteiger partial charge in [-0.25, -0.2) is 10.8 Å². The Morgan fingerprint density at radius 3 is 2.78 bits per heavy atom. The summed E-state index contributed by atoms with van der Waals surface area (Å²) in [7, 11) is 0. The Hall–Kier alpha value is -1.62. The molecular formula is C13H22N4O. The molecule has 100 valence electrons. The Morgan fingerprint density at radius 2 is 2.11 bits per heavy atom. The van der Waals surface area contributed by atoms with Crippen LogP contribution in [-0.4, -0.2) is 17.4 Å². The lowest BCUT2D eigenvalue weighted by molar-refractivity contribution is 0.0953. The van der Waals surface area contributed by atoms with Gasteiger partial charge in [-0.05, 0) is 25.5 Å². The molecular weight excluding hydrogens is 228 g/mol. The summed E-state index contributed by atoms with van der Waals surface area (Å²) >= 11 is 0. The average Bonchev–Trinajstić information content (AvgIpc) is 2.37. The van der Waals surface area contributed by atoms with Crippen LogP contribution in [0.4, 0.5) is 5.82 Å². The molecule has 5 nitrogen and oxygen atoms in total. The van der Waals surface area contributed by atoms with Crippen molar-refractivity contribution in [2.75, 3.05) is 12.0 Å². The number of hydrazine groups is 1. The standard InChI is InChI=1S/C13H22N4O/c1-3-4-5-6-7-15-13(18)11-8-10(2)16-12(9-11)17-14/h8-9H,3-7,14H2,1-2H3,(H,15,18)(H,16,17). The molecule has 18 heavy (non-hydrogen) atoms. The van der Waals surface area contributed by atoms with Gasteiger partial charge < -0.3 is 10.7 Å². The maximum Gasteiger partial charge on any atom is 0.251 e. The number of rotatable bonds is 7. The second-order valence-corrected chi connectivity index (χ2v) is 4.34. The minimum absolute atomic E-state index is 0.0755. The highest BCUT2D eigenvalue weighted by Gasteiger charge is 2.07. The second-order valence-electron chi connectivity index (χ2n) is 4.34. The van der Waals surface area contributed by atoms with Crippen molar-refractivity contribution in [3.63, 3.8) is 0 Å². The maximum atomic E-state index is 11.9. The molecule has 1 amide bonds. The number of aryl methyl sites for hydroxylation is 1. The van der Waals surface area contributed by atoms with Gasteiger partial charge in [0.05, 0.1) is 0 Å². The van der Waals surface area contributed by atoms with Crippen LogP contribution in [0, 0.1) is 6.92 Å². The summed E-state index contributed by atoms with van der Waals surface area (Å²) in [6, 6.07) is 3.40. The number of unbranched alkanes of at least 4 members (excludes halogenated alkanes) is 3. The summed E-state index contributed by atoms with van der Waals surface area (Å²) in [5, 5.41) is 2.90. The summed E-state index contributed by atoms with van der Waals surface area (Å²) in [5.74, 6) is 5.73. The van der Waals surface area contributed by atoms with Gasteiger partial charge in [0.1, 0.15) is 5.82 Å². The predicted octanol–water partition coefficient (Wildman–Crippen LogP) is 1.99. The molecule has 4 N–H and O–H groups in total. The van der Waals surface area contributed by atoms with E-state index in [1.807, 2.05) is 6.92 Å². The van der Waals surface area contributed by atoms with Crippen LogP contribution < -0.4 is 16.6 Å². The molecule has 0 aromatic carbocycles. The average molecular weight is 250 g/mol. The zero-order valence-corrected chi connectivity index (χ0v) is 11.1. The fourth-order valence-electron chi connectivity index (χ4n) is 1.73. The van der Waals surface area contributed by atoms with Gasteiger partial charge in [0, 0.05) is 17.8 Å². The summed E-state index contributed by atoms with van der Waals surface area (Å²) in [5.41, 5.74) is 3.81. The Balaban J connectivity index is 2.48. The minimum atomic E-state index is -0.0755. The Bertz CT molecular complexity index is 393. The van der Waals surface area contributed by atoms with Crippen LogP contribution in [0.3, 0.4) is 0 Å². The molecule has 0 unspecified atom stereocenters. The molecule has 0 spiro atoms. The van der Waals surface area contributed by atoms with Crippen molar-refractivity contribution >= 4 is 11.7 Å². The maximum absolute atomic E-state index is 11.9. The highest BCUT2D eigenvalue weighted by atomic mass is 16.1. The molecule has 1 aromatic rings. The number of hydrogen-bond donors (Lipinski definition) is 3. The molecule has 0 saturated carbocycles. The van der Waals surface area contributed by atoms with Crippen LogP contribution in [0.5, 0.6) is 0 Å². The number of carbonyl (C=O) groups excluding carboxylic acids is 1. The van der Waals surface area contributed by atoms with Gasteiger partial charge in [-0.1, -0.05) is 26.2 Å². The molecule has 0 saturated heterocycles. The predicted molar refractivity (Wildman–Crippen MR) is 73.3 cm³/mol. The Kier molecular flexibility index (Phi) is 6.14. The fraction of sp³-hybridized carbons (Fsp3) is 0.538. The van der Waals surface area contributed by atoms with Crippen molar-refractivity contribution in [1.82, 2.24) is 10.3 Å². The van der Waals surface area contributed by atoms with Crippen LogP contribution in [0.1, 0.15) is 48.7 Å².